The van der Waals surface area contributed by atoms with Crippen molar-refractivity contribution in [2.24, 2.45) is 0 Å². The third kappa shape index (κ3) is 3.04. The van der Waals surface area contributed by atoms with Gasteiger partial charge in [0.05, 0.1) is 25.5 Å². The van der Waals surface area contributed by atoms with E-state index in [2.05, 4.69) is 0 Å². The molecule has 5 nitrogen and oxygen atoms in total. The van der Waals surface area contributed by atoms with Gasteiger partial charge in [0.2, 0.25) is 0 Å². The number of hydrogen-bond acceptors (Lipinski definition) is 5. The van der Waals surface area contributed by atoms with Crippen molar-refractivity contribution in [1.29, 1.82) is 0 Å². The molecule has 3 rings (SSSR count). The summed E-state index contributed by atoms with van der Waals surface area (Å²) in [5.41, 5.74) is 1.00. The van der Waals surface area contributed by atoms with Crippen LogP contribution in [0.5, 0.6) is 0 Å². The van der Waals surface area contributed by atoms with Gasteiger partial charge in [0.1, 0.15) is 5.70 Å². The quantitative estimate of drug-likeness (QED) is 0.805. The molecule has 2 aromatic carbocycles. The van der Waals surface area contributed by atoms with Crippen molar-refractivity contribution in [2.75, 3.05) is 19.1 Å². The number of methoxy groups -OCH3 is 2. The molecule has 0 fully saturated rings. The normalized spacial score (nSPS) is 13.8. The van der Waals surface area contributed by atoms with Gasteiger partial charge in [-0.25, -0.2) is 9.59 Å². The minimum Gasteiger partial charge on any atom is -0.465 e. The first-order valence-corrected chi connectivity index (χ1v) is 7.70. The maximum absolute atomic E-state index is 12.5. The third-order valence-corrected chi connectivity index (χ3v) is 3.92. The van der Waals surface area contributed by atoms with Crippen LogP contribution in [0.3, 0.4) is 0 Å². The molecule has 0 spiro atoms. The maximum Gasteiger partial charge on any atom is 0.355 e. The number of allylic oxidation sites excluding steroid dienone is 2. The summed E-state index contributed by atoms with van der Waals surface area (Å²) < 4.78 is 9.75. The summed E-state index contributed by atoms with van der Waals surface area (Å²) in [5.74, 6) is -1.23. The number of hydrogen-bond donors (Lipinski definition) is 0. The van der Waals surface area contributed by atoms with E-state index in [0.29, 0.717) is 0 Å². The predicted octanol–water partition coefficient (Wildman–Crippen LogP) is 3.33. The van der Waals surface area contributed by atoms with E-state index in [1.165, 1.54) is 14.2 Å². The van der Waals surface area contributed by atoms with Crippen molar-refractivity contribution >= 4 is 28.4 Å². The monoisotopic (exact) mass is 335 g/mol. The van der Waals surface area contributed by atoms with Crippen molar-refractivity contribution in [3.63, 3.8) is 0 Å². The molecule has 0 bridgehead atoms. The molecule has 1 heterocycles. The Kier molecular flexibility index (Phi) is 4.66. The van der Waals surface area contributed by atoms with Crippen LogP contribution in [0.15, 0.2) is 78.2 Å². The Morgan fingerprint density at radius 2 is 1.60 bits per heavy atom. The summed E-state index contributed by atoms with van der Waals surface area (Å²) in [4.78, 5) is 26.3. The van der Waals surface area contributed by atoms with Crippen LogP contribution in [0.2, 0.25) is 0 Å². The lowest BCUT2D eigenvalue weighted by Crippen LogP contribution is -2.27. The SMILES string of the molecule is COC(=O)C1=C(C(=O)OC)N(c2cccc3ccccc23)C=CC=C1. The number of benzene rings is 2. The lowest BCUT2D eigenvalue weighted by atomic mass is 10.1. The van der Waals surface area contributed by atoms with Crippen LogP contribution in [-0.2, 0) is 19.1 Å². The van der Waals surface area contributed by atoms with E-state index in [1.54, 1.807) is 29.3 Å². The van der Waals surface area contributed by atoms with Gasteiger partial charge in [0, 0.05) is 11.6 Å². The van der Waals surface area contributed by atoms with Crippen LogP contribution >= 0.6 is 0 Å². The van der Waals surface area contributed by atoms with Crippen LogP contribution in [0, 0.1) is 0 Å². The topological polar surface area (TPSA) is 55.8 Å². The molecule has 0 saturated carbocycles. The first kappa shape index (κ1) is 16.5. The van der Waals surface area contributed by atoms with E-state index in [9.17, 15) is 9.59 Å². The van der Waals surface area contributed by atoms with E-state index >= 15 is 0 Å². The van der Waals surface area contributed by atoms with Gasteiger partial charge < -0.3 is 14.4 Å². The Hall–Kier alpha value is -3.34. The van der Waals surface area contributed by atoms with E-state index < -0.39 is 11.9 Å². The molecule has 0 atom stereocenters. The molecular formula is C20H17NO4. The minimum absolute atomic E-state index is 0.107. The fourth-order valence-corrected chi connectivity index (χ4v) is 2.77. The van der Waals surface area contributed by atoms with Crippen LogP contribution in [-0.4, -0.2) is 26.2 Å². The molecule has 1 aliphatic rings. The van der Waals surface area contributed by atoms with Gasteiger partial charge in [-0.2, -0.15) is 0 Å². The lowest BCUT2D eigenvalue weighted by molar-refractivity contribution is -0.139. The summed E-state index contributed by atoms with van der Waals surface area (Å²) in [6, 6.07) is 13.6. The highest BCUT2D eigenvalue weighted by molar-refractivity contribution is 6.07. The van der Waals surface area contributed by atoms with Gasteiger partial charge in [0.15, 0.2) is 0 Å². The lowest BCUT2D eigenvalue weighted by Gasteiger charge is -2.24. The summed E-state index contributed by atoms with van der Waals surface area (Å²) in [6.07, 6.45) is 6.70. The molecule has 0 amide bonds. The number of rotatable bonds is 3. The Bertz CT molecular complexity index is 919. The second-order valence-electron chi connectivity index (χ2n) is 5.31. The number of ether oxygens (including phenoxy) is 2. The molecule has 5 heteroatoms. The summed E-state index contributed by atoms with van der Waals surface area (Å²) >= 11 is 0. The zero-order valence-electron chi connectivity index (χ0n) is 13.9. The average molecular weight is 335 g/mol. The molecule has 0 saturated heterocycles. The number of nitrogens with zero attached hydrogens (tertiary/aromatic N) is 1. The molecular weight excluding hydrogens is 318 g/mol. The molecule has 0 aromatic heterocycles. The maximum atomic E-state index is 12.5. The van der Waals surface area contributed by atoms with Crippen molar-refractivity contribution in [3.8, 4) is 0 Å². The first-order chi connectivity index (χ1) is 12.2. The van der Waals surface area contributed by atoms with Crippen LogP contribution in [0.4, 0.5) is 5.69 Å². The Balaban J connectivity index is 2.28. The second-order valence-corrected chi connectivity index (χ2v) is 5.31. The molecule has 0 aliphatic carbocycles. The molecule has 0 unspecified atom stereocenters. The fraction of sp³-hybridized carbons (Fsp3) is 0.100. The highest BCUT2D eigenvalue weighted by Gasteiger charge is 2.28. The largest absolute Gasteiger partial charge is 0.465 e. The predicted molar refractivity (Wildman–Crippen MR) is 95.8 cm³/mol. The van der Waals surface area contributed by atoms with Crippen molar-refractivity contribution in [3.05, 3.63) is 78.2 Å². The summed E-state index contributed by atoms with van der Waals surface area (Å²) in [7, 11) is 2.56. The Morgan fingerprint density at radius 3 is 2.36 bits per heavy atom. The van der Waals surface area contributed by atoms with Crippen LogP contribution in [0.1, 0.15) is 0 Å². The average Bonchev–Trinajstić information content (AvgIpc) is 2.89. The van der Waals surface area contributed by atoms with Crippen LogP contribution < -0.4 is 4.90 Å². The molecule has 0 N–H and O–H groups in total. The summed E-state index contributed by atoms with van der Waals surface area (Å²) in [5, 5.41) is 1.97. The third-order valence-electron chi connectivity index (χ3n) is 3.92. The van der Waals surface area contributed by atoms with Gasteiger partial charge in [-0.05, 0) is 23.6 Å². The Labute approximate surface area is 145 Å². The van der Waals surface area contributed by atoms with Crippen molar-refractivity contribution < 1.29 is 19.1 Å². The highest BCUT2D eigenvalue weighted by atomic mass is 16.5. The zero-order valence-corrected chi connectivity index (χ0v) is 13.9. The zero-order chi connectivity index (χ0) is 17.8. The van der Waals surface area contributed by atoms with E-state index in [4.69, 9.17) is 9.47 Å². The van der Waals surface area contributed by atoms with Gasteiger partial charge in [-0.3, -0.25) is 0 Å². The second kappa shape index (κ2) is 7.05. The molecule has 126 valence electrons. The number of anilines is 1. The molecule has 25 heavy (non-hydrogen) atoms. The number of carbonyl (C=O) groups excluding carboxylic acids is 2. The number of carbonyl (C=O) groups is 2. The fourth-order valence-electron chi connectivity index (χ4n) is 2.77. The Morgan fingerprint density at radius 1 is 0.880 bits per heavy atom. The van der Waals surface area contributed by atoms with E-state index in [1.807, 2.05) is 42.5 Å². The van der Waals surface area contributed by atoms with Crippen molar-refractivity contribution in [2.45, 2.75) is 0 Å². The van der Waals surface area contributed by atoms with E-state index in [0.717, 1.165) is 16.5 Å². The van der Waals surface area contributed by atoms with Crippen LogP contribution in [0.25, 0.3) is 10.8 Å². The highest BCUT2D eigenvalue weighted by Crippen LogP contribution is 2.32. The molecule has 0 radical (unpaired) electrons. The van der Waals surface area contributed by atoms with E-state index in [-0.39, 0.29) is 11.3 Å². The molecule has 1 aliphatic heterocycles. The first-order valence-electron chi connectivity index (χ1n) is 7.70. The van der Waals surface area contributed by atoms with Gasteiger partial charge in [-0.1, -0.05) is 42.5 Å². The van der Waals surface area contributed by atoms with Gasteiger partial charge in [0.25, 0.3) is 0 Å². The number of esters is 2. The smallest absolute Gasteiger partial charge is 0.355 e. The van der Waals surface area contributed by atoms with Gasteiger partial charge >= 0.3 is 11.9 Å². The standard InChI is InChI=1S/C20H17NO4/c1-24-19(22)16-11-5-6-13-21(18(16)20(23)25-2)17-12-7-9-14-8-3-4-10-15(14)17/h3-13H,1-2H3. The minimum atomic E-state index is -0.621. The van der Waals surface area contributed by atoms with Gasteiger partial charge in [-0.15, -0.1) is 0 Å². The van der Waals surface area contributed by atoms with Crippen molar-refractivity contribution in [1.82, 2.24) is 0 Å². The number of fused-ring (bicyclic) bond motifs is 1. The summed E-state index contributed by atoms with van der Waals surface area (Å²) in [6.45, 7) is 0. The molecule has 2 aromatic rings.